The van der Waals surface area contributed by atoms with Crippen molar-refractivity contribution in [3.8, 4) is 0 Å². The van der Waals surface area contributed by atoms with E-state index in [1.807, 2.05) is 12.1 Å². The Morgan fingerprint density at radius 2 is 1.14 bits per heavy atom. The average Bonchev–Trinajstić information content (AvgIpc) is 3.53. The molecule has 2 aromatic heterocycles. The van der Waals surface area contributed by atoms with Crippen LogP contribution in [-0.4, -0.2) is 25.2 Å². The molecule has 0 saturated heterocycles. The Labute approximate surface area is 239 Å². The highest BCUT2D eigenvalue weighted by molar-refractivity contribution is 9.11. The lowest BCUT2D eigenvalue weighted by molar-refractivity contribution is 0.0425. The van der Waals surface area contributed by atoms with Gasteiger partial charge in [-0.05, 0) is 68.7 Å². The molecular formula is C28H36Br2O4S2. The Morgan fingerprint density at radius 3 is 1.47 bits per heavy atom. The Morgan fingerprint density at radius 1 is 0.750 bits per heavy atom. The van der Waals surface area contributed by atoms with Gasteiger partial charge in [0, 0.05) is 19.7 Å². The summed E-state index contributed by atoms with van der Waals surface area (Å²) in [7, 11) is 0. The van der Waals surface area contributed by atoms with Crippen LogP contribution in [-0.2, 0) is 9.47 Å². The van der Waals surface area contributed by atoms with Gasteiger partial charge in [0.05, 0.1) is 22.6 Å². The zero-order valence-electron chi connectivity index (χ0n) is 21.6. The molecular weight excluding hydrogens is 624 g/mol. The Kier molecular flexibility index (Phi) is 11.7. The summed E-state index contributed by atoms with van der Waals surface area (Å²) in [5, 5.41) is 1.88. The number of fused-ring (bicyclic) bond motifs is 2. The Bertz CT molecular complexity index is 1040. The second-order valence-electron chi connectivity index (χ2n) is 9.36. The number of hydrogen-bond donors (Lipinski definition) is 0. The number of ether oxygens (including phenoxy) is 2. The van der Waals surface area contributed by atoms with Crippen LogP contribution in [0.3, 0.4) is 0 Å². The van der Waals surface area contributed by atoms with E-state index in [9.17, 15) is 9.59 Å². The molecule has 36 heavy (non-hydrogen) atoms. The van der Waals surface area contributed by atoms with Crippen molar-refractivity contribution in [2.75, 3.05) is 13.2 Å². The number of carbonyl (C=O) groups excluding carboxylic acids is 2. The summed E-state index contributed by atoms with van der Waals surface area (Å²) in [5.41, 5.74) is 0. The quantitative estimate of drug-likeness (QED) is 0.162. The topological polar surface area (TPSA) is 52.6 Å². The first kappa shape index (κ1) is 29.6. The summed E-state index contributed by atoms with van der Waals surface area (Å²) in [4.78, 5) is 26.8. The molecule has 0 fully saturated rings. The third-order valence-electron chi connectivity index (χ3n) is 6.72. The van der Waals surface area contributed by atoms with Crippen molar-refractivity contribution in [2.24, 2.45) is 11.8 Å². The minimum absolute atomic E-state index is 0.272. The van der Waals surface area contributed by atoms with Crippen molar-refractivity contribution in [3.63, 3.8) is 0 Å². The third-order valence-corrected chi connectivity index (χ3v) is 11.2. The van der Waals surface area contributed by atoms with E-state index in [-0.39, 0.29) is 11.9 Å². The molecule has 0 aliphatic heterocycles. The highest BCUT2D eigenvalue weighted by atomic mass is 79.9. The van der Waals surface area contributed by atoms with Crippen molar-refractivity contribution in [3.05, 3.63) is 30.8 Å². The summed E-state index contributed by atoms with van der Waals surface area (Å²) in [6.07, 6.45) is 8.80. The van der Waals surface area contributed by atoms with E-state index in [4.69, 9.17) is 9.47 Å². The minimum Gasteiger partial charge on any atom is -0.461 e. The predicted molar refractivity (Wildman–Crippen MR) is 160 cm³/mol. The molecule has 1 aromatic carbocycles. The molecule has 0 amide bonds. The fourth-order valence-corrected chi connectivity index (χ4v) is 8.03. The molecule has 0 aliphatic carbocycles. The first-order valence-corrected chi connectivity index (χ1v) is 16.2. The minimum atomic E-state index is -0.272. The number of hydrogen-bond acceptors (Lipinski definition) is 6. The maximum Gasteiger partial charge on any atom is 0.348 e. The normalized spacial score (nSPS) is 13.3. The smallest absolute Gasteiger partial charge is 0.348 e. The molecule has 0 spiro atoms. The van der Waals surface area contributed by atoms with Gasteiger partial charge < -0.3 is 9.47 Å². The number of carbonyl (C=O) groups is 2. The SMILES string of the molecule is CCCCC(CC)COC(=O)c1cc2c(Br)c3sc(C(=O)OCC(CC)CCCC)cc3c(Br)c2s1. The van der Waals surface area contributed by atoms with E-state index in [2.05, 4.69) is 59.6 Å². The van der Waals surface area contributed by atoms with Gasteiger partial charge in [-0.25, -0.2) is 9.59 Å². The molecule has 0 radical (unpaired) electrons. The highest BCUT2D eigenvalue weighted by Gasteiger charge is 2.23. The van der Waals surface area contributed by atoms with Crippen molar-refractivity contribution in [1.29, 1.82) is 0 Å². The van der Waals surface area contributed by atoms with E-state index in [1.54, 1.807) is 0 Å². The van der Waals surface area contributed by atoms with Crippen LogP contribution < -0.4 is 0 Å². The van der Waals surface area contributed by atoms with Crippen LogP contribution in [0.4, 0.5) is 0 Å². The molecule has 2 unspecified atom stereocenters. The molecule has 2 heterocycles. The average molecular weight is 661 g/mol. The van der Waals surface area contributed by atoms with Gasteiger partial charge in [-0.1, -0.05) is 66.2 Å². The van der Waals surface area contributed by atoms with Gasteiger partial charge >= 0.3 is 11.9 Å². The van der Waals surface area contributed by atoms with Crippen LogP contribution in [0.15, 0.2) is 21.1 Å². The van der Waals surface area contributed by atoms with Gasteiger partial charge in [-0.3, -0.25) is 0 Å². The van der Waals surface area contributed by atoms with E-state index >= 15 is 0 Å². The number of esters is 2. The van der Waals surface area contributed by atoms with Crippen molar-refractivity contribution in [2.45, 2.75) is 79.1 Å². The van der Waals surface area contributed by atoms with Crippen LogP contribution in [0.2, 0.25) is 0 Å². The van der Waals surface area contributed by atoms with Gasteiger partial charge in [-0.2, -0.15) is 0 Å². The largest absolute Gasteiger partial charge is 0.461 e. The van der Waals surface area contributed by atoms with Gasteiger partial charge in [0.25, 0.3) is 0 Å². The van der Waals surface area contributed by atoms with Crippen LogP contribution in [0.5, 0.6) is 0 Å². The van der Waals surface area contributed by atoms with Crippen molar-refractivity contribution < 1.29 is 19.1 Å². The van der Waals surface area contributed by atoms with Gasteiger partial charge in [0.15, 0.2) is 0 Å². The molecule has 0 N–H and O–H groups in total. The lowest BCUT2D eigenvalue weighted by Gasteiger charge is -2.14. The second kappa shape index (κ2) is 14.3. The molecule has 198 valence electrons. The summed E-state index contributed by atoms with van der Waals surface area (Å²) >= 11 is 10.3. The van der Waals surface area contributed by atoms with E-state index < -0.39 is 0 Å². The Balaban J connectivity index is 1.78. The van der Waals surface area contributed by atoms with Crippen LogP contribution >= 0.6 is 54.5 Å². The van der Waals surface area contributed by atoms with Gasteiger partial charge in [0.1, 0.15) is 9.75 Å². The summed E-state index contributed by atoms with van der Waals surface area (Å²) in [6.45, 7) is 9.57. The maximum absolute atomic E-state index is 12.8. The fourth-order valence-electron chi connectivity index (χ4n) is 4.21. The zero-order valence-corrected chi connectivity index (χ0v) is 26.4. The first-order valence-electron chi connectivity index (χ1n) is 13.0. The highest BCUT2D eigenvalue weighted by Crippen LogP contribution is 2.46. The third kappa shape index (κ3) is 7.12. The molecule has 0 bridgehead atoms. The molecule has 2 atom stereocenters. The van der Waals surface area contributed by atoms with Crippen LogP contribution in [0.1, 0.15) is 98.4 Å². The number of rotatable bonds is 14. The molecule has 3 rings (SSSR count). The first-order chi connectivity index (χ1) is 17.3. The molecule has 0 aliphatic rings. The second-order valence-corrected chi connectivity index (χ2v) is 13.1. The molecule has 4 nitrogen and oxygen atoms in total. The Hall–Kier alpha value is -0.960. The molecule has 8 heteroatoms. The summed E-state index contributed by atoms with van der Waals surface area (Å²) < 4.78 is 15.1. The lowest BCUT2D eigenvalue weighted by atomic mass is 10.0. The predicted octanol–water partition coefficient (Wildman–Crippen LogP) is 10.4. The van der Waals surface area contributed by atoms with Gasteiger partial charge in [0.2, 0.25) is 0 Å². The maximum atomic E-state index is 12.8. The zero-order chi connectivity index (χ0) is 26.2. The van der Waals surface area contributed by atoms with Crippen molar-refractivity contribution >= 4 is 86.6 Å². The fraction of sp³-hybridized carbons (Fsp3) is 0.571. The van der Waals surface area contributed by atoms with E-state index in [0.29, 0.717) is 34.8 Å². The number of unbranched alkanes of at least 4 members (excludes halogenated alkanes) is 2. The van der Waals surface area contributed by atoms with Gasteiger partial charge in [-0.15, -0.1) is 22.7 Å². The van der Waals surface area contributed by atoms with Crippen LogP contribution in [0.25, 0.3) is 20.2 Å². The van der Waals surface area contributed by atoms with Crippen molar-refractivity contribution in [1.82, 2.24) is 0 Å². The van der Waals surface area contributed by atoms with E-state index in [1.165, 1.54) is 22.7 Å². The number of halogens is 2. The summed E-state index contributed by atoms with van der Waals surface area (Å²) in [5.74, 6) is 0.270. The monoisotopic (exact) mass is 658 g/mol. The lowest BCUT2D eigenvalue weighted by Crippen LogP contribution is -2.13. The van der Waals surface area contributed by atoms with Crippen LogP contribution in [0, 0.1) is 11.8 Å². The summed E-state index contributed by atoms with van der Waals surface area (Å²) in [6, 6.07) is 3.78. The molecule has 3 aromatic rings. The standard InChI is InChI=1S/C28H36Br2O4S2/c1-5-9-11-17(7-3)15-33-27(31)21-13-19-23(29)26-20(24(30)25(19)35-21)14-22(36-26)28(32)34-16-18(8-4)12-10-6-2/h13-14,17-18H,5-12,15-16H2,1-4H3. The molecule has 0 saturated carbocycles. The number of benzene rings is 1. The number of thiophene rings is 2. The van der Waals surface area contributed by atoms with E-state index in [0.717, 1.165) is 80.5 Å².